The maximum Gasteiger partial charge on any atom is 0.255 e. The van der Waals surface area contributed by atoms with Crippen molar-refractivity contribution in [2.75, 3.05) is 146 Å². The van der Waals surface area contributed by atoms with Gasteiger partial charge in [0.2, 0.25) is 0 Å². The summed E-state index contributed by atoms with van der Waals surface area (Å²) in [6, 6.07) is 8.86. The van der Waals surface area contributed by atoms with Crippen LogP contribution < -0.4 is 86.7 Å². The average Bonchev–Trinajstić information content (AvgIpc) is 0.836. The van der Waals surface area contributed by atoms with E-state index in [0.29, 0.717) is 25.7 Å². The molecule has 0 unspecified atom stereocenters. The van der Waals surface area contributed by atoms with Crippen LogP contribution in [-0.4, -0.2) is 247 Å². The van der Waals surface area contributed by atoms with Crippen molar-refractivity contribution in [2.24, 2.45) is 22.9 Å². The van der Waals surface area contributed by atoms with Crippen LogP contribution in [0.4, 0.5) is 0 Å². The van der Waals surface area contributed by atoms with E-state index in [2.05, 4.69) is 63.8 Å². The van der Waals surface area contributed by atoms with Gasteiger partial charge in [0, 0.05) is 142 Å². The maximum atomic E-state index is 14.0. The summed E-state index contributed by atoms with van der Waals surface area (Å²) < 4.78 is 0. The van der Waals surface area contributed by atoms with Gasteiger partial charge in [0.05, 0.1) is 44.5 Å². The van der Waals surface area contributed by atoms with Gasteiger partial charge in [-0.05, 0) is 100 Å². The van der Waals surface area contributed by atoms with Crippen molar-refractivity contribution in [3.05, 3.63) is 115 Å². The molecule has 4 aromatic rings. The van der Waals surface area contributed by atoms with E-state index < -0.39 is 116 Å². The third kappa shape index (κ3) is 22.6. The largest absolute Gasteiger partial charge is 0.506 e. The summed E-state index contributed by atoms with van der Waals surface area (Å²) in [4.78, 5) is 164. The van der Waals surface area contributed by atoms with Crippen LogP contribution in [0, 0.1) is 0 Å². The van der Waals surface area contributed by atoms with E-state index in [1.165, 1.54) is 28.2 Å². The minimum atomic E-state index is -0.914. The molecule has 24 N–H and O–H groups in total. The van der Waals surface area contributed by atoms with Crippen LogP contribution in [-0.2, 0) is 0 Å². The van der Waals surface area contributed by atoms with Crippen LogP contribution in [0.25, 0.3) is 0 Å². The molecule has 522 valence electrons. The van der Waals surface area contributed by atoms with Crippen LogP contribution in [0.1, 0.15) is 150 Å². The number of aromatic hydroxyl groups is 4. The molecule has 0 atom stereocenters. The Morgan fingerprint density at radius 1 is 0.271 bits per heavy atom. The lowest BCUT2D eigenvalue weighted by Crippen LogP contribution is -2.46. The first-order chi connectivity index (χ1) is 45.9. The molecule has 0 fully saturated rings. The fourth-order valence-corrected chi connectivity index (χ4v) is 9.25. The molecule has 0 heterocycles. The van der Waals surface area contributed by atoms with Crippen molar-refractivity contribution < 1.29 is 78.0 Å². The van der Waals surface area contributed by atoms with Crippen molar-refractivity contribution in [1.82, 2.24) is 73.6 Å². The normalized spacial score (nSPS) is 10.8. The third-order valence-electron chi connectivity index (χ3n) is 14.6. The number of nitrogens with zero attached hydrogens (tertiary/aromatic N) is 2. The number of nitrogens with one attached hydrogen (secondary N) is 12. The number of hydrogen-bond donors (Lipinski definition) is 20. The molecule has 34 nitrogen and oxygen atoms in total. The van der Waals surface area contributed by atoms with Crippen molar-refractivity contribution in [1.29, 1.82) is 0 Å². The SMILES string of the molecule is CNC(=O)c1cc(C(=O)NCCCN)cc(C(=O)NCCN(CCNC(=O)c2cc(C(=O)NCCCN)cc(C(=O)NC)c2O)CCN(CCNC(=O)c2cc(C(=O)NCCCN)cc(C(=O)NC)c2O)CCNC(=O)c2cc(C(=O)NCCCN)cc(C(=O)NC)c2O)c1O. The topological polar surface area (TPSA) is 541 Å². The standard InChI is InChI=1S/C62H88N18O16/c1-67-55(89)39-27-35(51(85)71-13-5-9-63)31-43(47(39)81)59(93)75-17-21-79(22-18-76-60(94)44-32-36(52(86)72-14-6-10-64)28-40(48(44)82)56(90)68-2)25-26-80(23-19-77-61(95)45-33-37(53(87)73-15-7-11-65)29-41(49(45)83)57(91)69-3)24-20-78-62(96)46-34-38(54(88)74-16-8-12-66)30-42(50(46)84)58(92)70-4/h27-34,81-84H,5-26,63-66H2,1-4H3,(H,67,89)(H,68,90)(H,69,91)(H,70,92)(H,71,85)(H,72,86)(H,73,87)(H,74,88)(H,75,93)(H,76,94)(H,77,95)(H,78,96). The lowest BCUT2D eigenvalue weighted by atomic mass is 10.0. The van der Waals surface area contributed by atoms with Gasteiger partial charge in [-0.25, -0.2) is 0 Å². The lowest BCUT2D eigenvalue weighted by molar-refractivity contribution is 0.0913. The van der Waals surface area contributed by atoms with E-state index in [1.54, 1.807) is 9.80 Å². The summed E-state index contributed by atoms with van der Waals surface area (Å²) in [6.07, 6.45) is 1.65. The first-order valence-corrected chi connectivity index (χ1v) is 30.8. The van der Waals surface area contributed by atoms with Crippen LogP contribution in [0.15, 0.2) is 48.5 Å². The second kappa shape index (κ2) is 39.9. The smallest absolute Gasteiger partial charge is 0.255 e. The predicted octanol–water partition coefficient (Wildman–Crippen LogP) is -4.11. The Morgan fingerprint density at radius 2 is 0.438 bits per heavy atom. The molecule has 34 heteroatoms. The zero-order chi connectivity index (χ0) is 71.0. The molecular weight excluding hydrogens is 1250 g/mol. The predicted molar refractivity (Wildman–Crippen MR) is 352 cm³/mol. The molecule has 0 aliphatic rings. The number of carbonyl (C=O) groups is 12. The van der Waals surface area contributed by atoms with Gasteiger partial charge < -0.3 is 107 Å². The number of phenolic OH excluding ortho intramolecular Hbond substituents is 4. The summed E-state index contributed by atoms with van der Waals surface area (Å²) in [5.41, 5.74) is 18.5. The summed E-state index contributed by atoms with van der Waals surface area (Å²) in [5.74, 6) is -12.5. The highest BCUT2D eigenvalue weighted by Crippen LogP contribution is 2.29. The van der Waals surface area contributed by atoms with Gasteiger partial charge in [0.15, 0.2) is 0 Å². The zero-order valence-electron chi connectivity index (χ0n) is 54.1. The number of benzene rings is 4. The Morgan fingerprint density at radius 3 is 0.604 bits per heavy atom. The van der Waals surface area contributed by atoms with Crippen molar-refractivity contribution in [3.8, 4) is 23.0 Å². The molecule has 0 saturated heterocycles. The second-order valence-corrected chi connectivity index (χ2v) is 21.3. The Bertz CT molecular complexity index is 3030. The van der Waals surface area contributed by atoms with E-state index in [1.807, 2.05) is 0 Å². The number of carbonyl (C=O) groups excluding carboxylic acids is 12. The molecule has 0 spiro atoms. The molecule has 0 aromatic heterocycles. The molecule has 96 heavy (non-hydrogen) atoms. The Balaban J connectivity index is 1.75. The number of rotatable bonds is 39. The summed E-state index contributed by atoms with van der Waals surface area (Å²) in [7, 11) is 5.13. The number of nitrogens with two attached hydrogens (primary N) is 4. The highest BCUT2D eigenvalue weighted by molar-refractivity contribution is 6.11. The fraction of sp³-hybridized carbons (Fsp3) is 0.419. The fourth-order valence-electron chi connectivity index (χ4n) is 9.25. The maximum absolute atomic E-state index is 14.0. The van der Waals surface area contributed by atoms with Crippen molar-refractivity contribution in [3.63, 3.8) is 0 Å². The van der Waals surface area contributed by atoms with Crippen molar-refractivity contribution >= 4 is 70.9 Å². The van der Waals surface area contributed by atoms with E-state index in [-0.39, 0.29) is 162 Å². The van der Waals surface area contributed by atoms with Crippen molar-refractivity contribution in [2.45, 2.75) is 25.7 Å². The third-order valence-corrected chi connectivity index (χ3v) is 14.6. The molecule has 0 radical (unpaired) electrons. The zero-order valence-corrected chi connectivity index (χ0v) is 54.1. The number of hydrogen-bond acceptors (Lipinski definition) is 22. The van der Waals surface area contributed by atoms with E-state index >= 15 is 0 Å². The monoisotopic (exact) mass is 1340 g/mol. The number of amides is 12. The second-order valence-electron chi connectivity index (χ2n) is 21.3. The van der Waals surface area contributed by atoms with Gasteiger partial charge in [-0.15, -0.1) is 0 Å². The van der Waals surface area contributed by atoms with E-state index in [0.717, 1.165) is 48.5 Å². The lowest BCUT2D eigenvalue weighted by Gasteiger charge is -2.28. The van der Waals surface area contributed by atoms with E-state index in [9.17, 15) is 78.0 Å². The summed E-state index contributed by atoms with van der Waals surface area (Å²) in [5, 5.41) is 75.6. The van der Waals surface area contributed by atoms with Crippen LogP contribution in [0.5, 0.6) is 23.0 Å². The van der Waals surface area contributed by atoms with Gasteiger partial charge in [-0.1, -0.05) is 0 Å². The highest BCUT2D eigenvalue weighted by Gasteiger charge is 2.28. The molecule has 0 aliphatic heterocycles. The van der Waals surface area contributed by atoms with E-state index in [4.69, 9.17) is 22.9 Å². The molecule has 4 aromatic carbocycles. The Hall–Kier alpha value is -10.5. The Labute approximate surface area is 553 Å². The van der Waals surface area contributed by atoms with Crippen LogP contribution in [0.2, 0.25) is 0 Å². The summed E-state index contributed by atoms with van der Waals surface area (Å²) in [6.45, 7) is 0.675. The Kier molecular flexibility index (Phi) is 32.4. The minimum absolute atomic E-state index is 0.0257. The summed E-state index contributed by atoms with van der Waals surface area (Å²) >= 11 is 0. The first-order valence-electron chi connectivity index (χ1n) is 30.8. The molecule has 0 bridgehead atoms. The van der Waals surface area contributed by atoms with Crippen LogP contribution in [0.3, 0.4) is 0 Å². The van der Waals surface area contributed by atoms with Gasteiger partial charge in [-0.2, -0.15) is 0 Å². The van der Waals surface area contributed by atoms with Gasteiger partial charge in [-0.3, -0.25) is 67.3 Å². The van der Waals surface area contributed by atoms with Gasteiger partial charge >= 0.3 is 0 Å². The molecule has 4 rings (SSSR count). The minimum Gasteiger partial charge on any atom is -0.506 e. The molecule has 0 saturated carbocycles. The first kappa shape index (κ1) is 77.9. The molecular formula is C62H88N18O16. The molecule has 0 aliphatic carbocycles. The molecule has 12 amide bonds. The quantitative estimate of drug-likeness (QED) is 0.0189. The van der Waals surface area contributed by atoms with Crippen LogP contribution >= 0.6 is 0 Å². The van der Waals surface area contributed by atoms with Gasteiger partial charge in [0.25, 0.3) is 70.9 Å². The van der Waals surface area contributed by atoms with Gasteiger partial charge in [0.1, 0.15) is 23.0 Å². The number of phenols is 4. The average molecular weight is 1340 g/mol. The highest BCUT2D eigenvalue weighted by atomic mass is 16.3.